The molecule has 0 radical (unpaired) electrons. The zero-order valence-electron chi connectivity index (χ0n) is 13.9. The Kier molecular flexibility index (Phi) is 5.54. The van der Waals surface area contributed by atoms with Crippen LogP contribution in [0.3, 0.4) is 0 Å². The lowest BCUT2D eigenvalue weighted by molar-refractivity contribution is 0.0511. The van der Waals surface area contributed by atoms with Gasteiger partial charge in [-0.1, -0.05) is 0 Å². The van der Waals surface area contributed by atoms with Gasteiger partial charge in [-0.15, -0.1) is 22.7 Å². The minimum absolute atomic E-state index is 0.0851. The summed E-state index contributed by atoms with van der Waals surface area (Å²) in [7, 11) is 0. The van der Waals surface area contributed by atoms with E-state index >= 15 is 0 Å². The van der Waals surface area contributed by atoms with Crippen LogP contribution in [0.1, 0.15) is 63.7 Å². The molecule has 1 atom stereocenters. The van der Waals surface area contributed by atoms with Crippen LogP contribution in [0.2, 0.25) is 0 Å². The molecule has 3 heterocycles. The summed E-state index contributed by atoms with van der Waals surface area (Å²) >= 11 is 2.79. The molecule has 0 saturated heterocycles. The third-order valence-corrected chi connectivity index (χ3v) is 5.33. The topological polar surface area (TPSA) is 90.7 Å². The van der Waals surface area contributed by atoms with E-state index in [1.807, 2.05) is 0 Å². The van der Waals surface area contributed by atoms with Crippen molar-refractivity contribution in [2.75, 3.05) is 13.2 Å². The Bertz CT molecular complexity index is 812. The van der Waals surface area contributed by atoms with Gasteiger partial charge in [-0.3, -0.25) is 4.99 Å². The molecule has 0 fully saturated rings. The van der Waals surface area contributed by atoms with E-state index in [4.69, 9.17) is 9.47 Å². The van der Waals surface area contributed by atoms with Gasteiger partial charge in [0.2, 0.25) is 0 Å². The van der Waals surface area contributed by atoms with Gasteiger partial charge in [-0.25, -0.2) is 19.6 Å². The fourth-order valence-corrected chi connectivity index (χ4v) is 4.05. The van der Waals surface area contributed by atoms with Crippen molar-refractivity contribution in [1.29, 1.82) is 0 Å². The second kappa shape index (κ2) is 7.83. The van der Waals surface area contributed by atoms with Crippen molar-refractivity contribution < 1.29 is 19.1 Å². The van der Waals surface area contributed by atoms with E-state index in [0.29, 0.717) is 24.6 Å². The molecule has 0 aliphatic carbocycles. The maximum Gasteiger partial charge on any atom is 0.357 e. The highest BCUT2D eigenvalue weighted by molar-refractivity contribution is 7.12. The van der Waals surface area contributed by atoms with Crippen molar-refractivity contribution in [3.05, 3.63) is 32.2 Å². The van der Waals surface area contributed by atoms with Gasteiger partial charge in [-0.05, 0) is 26.7 Å². The normalized spacial score (nSPS) is 16.6. The number of aromatic nitrogens is 2. The van der Waals surface area contributed by atoms with E-state index in [9.17, 15) is 9.59 Å². The molecule has 9 heteroatoms. The second-order valence-electron chi connectivity index (χ2n) is 5.18. The van der Waals surface area contributed by atoms with Crippen LogP contribution < -0.4 is 0 Å². The Morgan fingerprint density at radius 3 is 2.40 bits per heavy atom. The van der Waals surface area contributed by atoms with Gasteiger partial charge in [-0.2, -0.15) is 0 Å². The first-order valence-electron chi connectivity index (χ1n) is 7.94. The summed E-state index contributed by atoms with van der Waals surface area (Å²) in [6.07, 6.45) is 1.56. The molecule has 0 spiro atoms. The van der Waals surface area contributed by atoms with Crippen LogP contribution in [0.15, 0.2) is 15.8 Å². The standard InChI is InChI=1S/C16H17N3O4S2/c1-3-22-15(20)11-7-24-13(18-11)9-5-6-10(17-9)14-19-12(8-25-14)16(21)23-4-2/h7-9H,3-6H2,1-2H3. The maximum atomic E-state index is 11.7. The number of aliphatic imine (C=N–C) groups is 1. The number of thiazole rings is 2. The lowest BCUT2D eigenvalue weighted by atomic mass is 10.2. The molecule has 1 aliphatic heterocycles. The summed E-state index contributed by atoms with van der Waals surface area (Å²) < 4.78 is 9.91. The highest BCUT2D eigenvalue weighted by Gasteiger charge is 2.26. The van der Waals surface area contributed by atoms with Crippen LogP contribution in [-0.2, 0) is 9.47 Å². The molecule has 1 aliphatic rings. The van der Waals surface area contributed by atoms with E-state index in [0.717, 1.165) is 28.6 Å². The lowest BCUT2D eigenvalue weighted by Crippen LogP contribution is -2.06. The first-order chi connectivity index (χ1) is 12.1. The van der Waals surface area contributed by atoms with Gasteiger partial charge in [0.15, 0.2) is 11.4 Å². The number of esters is 2. The number of hydrogen-bond donors (Lipinski definition) is 0. The van der Waals surface area contributed by atoms with Crippen molar-refractivity contribution in [3.8, 4) is 0 Å². The highest BCUT2D eigenvalue weighted by atomic mass is 32.1. The predicted molar refractivity (Wildman–Crippen MR) is 94.7 cm³/mol. The molecule has 0 saturated carbocycles. The van der Waals surface area contributed by atoms with E-state index in [2.05, 4.69) is 15.0 Å². The van der Waals surface area contributed by atoms with Gasteiger partial charge in [0.25, 0.3) is 0 Å². The van der Waals surface area contributed by atoms with Gasteiger partial charge >= 0.3 is 11.9 Å². The number of carbonyl (C=O) groups is 2. The van der Waals surface area contributed by atoms with E-state index < -0.39 is 11.9 Å². The Morgan fingerprint density at radius 2 is 1.72 bits per heavy atom. The van der Waals surface area contributed by atoms with Crippen LogP contribution in [-0.4, -0.2) is 40.8 Å². The molecular formula is C16H17N3O4S2. The van der Waals surface area contributed by atoms with Crippen LogP contribution >= 0.6 is 22.7 Å². The minimum atomic E-state index is -0.417. The molecule has 132 valence electrons. The van der Waals surface area contributed by atoms with Gasteiger partial charge in [0.05, 0.1) is 18.9 Å². The fourth-order valence-electron chi connectivity index (χ4n) is 2.38. The Balaban J connectivity index is 1.72. The third-order valence-electron chi connectivity index (χ3n) is 3.49. The summed E-state index contributed by atoms with van der Waals surface area (Å²) in [6, 6.07) is -0.0851. The lowest BCUT2D eigenvalue weighted by Gasteiger charge is -2.00. The first kappa shape index (κ1) is 17.7. The smallest absolute Gasteiger partial charge is 0.357 e. The van der Waals surface area contributed by atoms with Gasteiger partial charge in [0, 0.05) is 10.8 Å². The summed E-state index contributed by atoms with van der Waals surface area (Å²) in [5.74, 6) is -0.828. The molecular weight excluding hydrogens is 362 g/mol. The largest absolute Gasteiger partial charge is 0.461 e. The number of hydrogen-bond acceptors (Lipinski definition) is 9. The van der Waals surface area contributed by atoms with Crippen LogP contribution in [0.5, 0.6) is 0 Å². The molecule has 0 aromatic carbocycles. The summed E-state index contributed by atoms with van der Waals surface area (Å²) in [4.78, 5) is 36.8. The molecule has 7 nitrogen and oxygen atoms in total. The first-order valence-corrected chi connectivity index (χ1v) is 9.70. The Labute approximate surface area is 152 Å². The van der Waals surface area contributed by atoms with Crippen molar-refractivity contribution in [2.45, 2.75) is 32.7 Å². The number of nitrogens with zero attached hydrogens (tertiary/aromatic N) is 3. The molecule has 3 rings (SSSR count). The molecule has 25 heavy (non-hydrogen) atoms. The molecule has 2 aromatic rings. The molecule has 0 amide bonds. The van der Waals surface area contributed by atoms with Crippen molar-refractivity contribution in [2.24, 2.45) is 4.99 Å². The monoisotopic (exact) mass is 379 g/mol. The second-order valence-corrected chi connectivity index (χ2v) is 6.93. The molecule has 2 aromatic heterocycles. The highest BCUT2D eigenvalue weighted by Crippen LogP contribution is 2.33. The SMILES string of the molecule is CCOC(=O)c1csc(C2=NC(c3nc(C(=O)OCC)cs3)CC2)n1. The number of rotatable bonds is 6. The quantitative estimate of drug-likeness (QED) is 0.716. The van der Waals surface area contributed by atoms with Gasteiger partial charge in [0.1, 0.15) is 16.1 Å². The van der Waals surface area contributed by atoms with Crippen molar-refractivity contribution in [3.63, 3.8) is 0 Å². The predicted octanol–water partition coefficient (Wildman–Crippen LogP) is 3.28. The molecule has 0 N–H and O–H groups in total. The number of ether oxygens (including phenoxy) is 2. The maximum absolute atomic E-state index is 11.7. The van der Waals surface area contributed by atoms with Crippen molar-refractivity contribution in [1.82, 2.24) is 9.97 Å². The van der Waals surface area contributed by atoms with Crippen LogP contribution in [0, 0.1) is 0 Å². The zero-order chi connectivity index (χ0) is 17.8. The van der Waals surface area contributed by atoms with E-state index in [-0.39, 0.29) is 6.04 Å². The molecule has 0 bridgehead atoms. The number of carbonyl (C=O) groups excluding carboxylic acids is 2. The Morgan fingerprint density at radius 1 is 1.08 bits per heavy atom. The molecule has 1 unspecified atom stereocenters. The Hall–Kier alpha value is -2.13. The zero-order valence-corrected chi connectivity index (χ0v) is 15.5. The summed E-state index contributed by atoms with van der Waals surface area (Å²) in [6.45, 7) is 4.17. The van der Waals surface area contributed by atoms with E-state index in [1.54, 1.807) is 24.6 Å². The van der Waals surface area contributed by atoms with Gasteiger partial charge < -0.3 is 9.47 Å². The van der Waals surface area contributed by atoms with Crippen molar-refractivity contribution >= 4 is 40.3 Å². The van der Waals surface area contributed by atoms with Crippen LogP contribution in [0.25, 0.3) is 0 Å². The third kappa shape index (κ3) is 3.93. The van der Waals surface area contributed by atoms with Crippen LogP contribution in [0.4, 0.5) is 0 Å². The average Bonchev–Trinajstić information content (AvgIpc) is 3.33. The summed E-state index contributed by atoms with van der Waals surface area (Å²) in [5, 5.41) is 4.90. The average molecular weight is 379 g/mol. The van der Waals surface area contributed by atoms with E-state index in [1.165, 1.54) is 22.7 Å². The summed E-state index contributed by atoms with van der Waals surface area (Å²) in [5.41, 5.74) is 1.50. The minimum Gasteiger partial charge on any atom is -0.461 e. The fraction of sp³-hybridized carbons (Fsp3) is 0.438.